The maximum Gasteiger partial charge on any atom is 0.353 e. The Bertz CT molecular complexity index is 424. The molecule has 0 radical (unpaired) electrons. The van der Waals surface area contributed by atoms with Gasteiger partial charge in [-0.25, -0.2) is 4.79 Å². The Morgan fingerprint density at radius 2 is 2.11 bits per heavy atom. The van der Waals surface area contributed by atoms with E-state index < -0.39 is 5.97 Å². The Morgan fingerprint density at radius 1 is 1.39 bits per heavy atom. The predicted octanol–water partition coefficient (Wildman–Crippen LogP) is 2.96. The van der Waals surface area contributed by atoms with Crippen molar-refractivity contribution >= 4 is 17.8 Å². The summed E-state index contributed by atoms with van der Waals surface area (Å²) in [5, 5.41) is 12.4. The van der Waals surface area contributed by atoms with Gasteiger partial charge < -0.3 is 9.94 Å². The van der Waals surface area contributed by atoms with E-state index in [1.807, 2.05) is 43.3 Å². The van der Waals surface area contributed by atoms with Crippen LogP contribution in [0.2, 0.25) is 0 Å². The molecule has 0 aliphatic carbocycles. The fourth-order valence-electron chi connectivity index (χ4n) is 1.33. The van der Waals surface area contributed by atoms with Crippen LogP contribution in [0.15, 0.2) is 41.6 Å². The average molecular weight is 247 g/mol. The fourth-order valence-corrected chi connectivity index (χ4v) is 1.33. The molecule has 0 spiro atoms. The zero-order chi connectivity index (χ0) is 13.2. The van der Waals surface area contributed by atoms with Gasteiger partial charge in [-0.05, 0) is 11.6 Å². The molecule has 4 heteroatoms. The molecular formula is C14H17NO3. The summed E-state index contributed by atoms with van der Waals surface area (Å²) in [5.41, 5.74) is 1.13. The summed E-state index contributed by atoms with van der Waals surface area (Å²) in [6.07, 6.45) is 4.84. The number of aliphatic carboxylic acids is 1. The average Bonchev–Trinajstić information content (AvgIpc) is 2.38. The quantitative estimate of drug-likeness (QED) is 0.458. The molecule has 0 unspecified atom stereocenters. The molecule has 0 aliphatic heterocycles. The van der Waals surface area contributed by atoms with E-state index >= 15 is 0 Å². The smallest absolute Gasteiger partial charge is 0.353 e. The van der Waals surface area contributed by atoms with E-state index in [1.54, 1.807) is 6.08 Å². The molecular weight excluding hydrogens is 230 g/mol. The molecule has 1 N–H and O–H groups in total. The van der Waals surface area contributed by atoms with E-state index in [4.69, 9.17) is 9.94 Å². The Balaban J connectivity index is 2.39. The van der Waals surface area contributed by atoms with Crippen molar-refractivity contribution in [3.8, 4) is 0 Å². The summed E-state index contributed by atoms with van der Waals surface area (Å²) < 4.78 is 0. The maximum absolute atomic E-state index is 10.7. The summed E-state index contributed by atoms with van der Waals surface area (Å²) in [6.45, 7) is 2.16. The van der Waals surface area contributed by atoms with Crippen LogP contribution in [0.25, 0.3) is 6.08 Å². The monoisotopic (exact) mass is 247 g/mol. The number of nitrogens with zero attached hydrogens (tertiary/aromatic N) is 1. The predicted molar refractivity (Wildman–Crippen MR) is 71.4 cm³/mol. The maximum atomic E-state index is 10.7. The highest BCUT2D eigenvalue weighted by Gasteiger charge is 2.07. The molecule has 1 aromatic rings. The second kappa shape index (κ2) is 8.06. The molecule has 0 amide bonds. The number of rotatable bonds is 7. The van der Waals surface area contributed by atoms with Crippen LogP contribution in [-0.4, -0.2) is 23.4 Å². The zero-order valence-electron chi connectivity index (χ0n) is 10.4. The second-order valence-electron chi connectivity index (χ2n) is 3.70. The molecule has 0 aromatic heterocycles. The number of hydrogen-bond donors (Lipinski definition) is 1. The zero-order valence-corrected chi connectivity index (χ0v) is 10.4. The first-order chi connectivity index (χ1) is 8.74. The molecule has 0 saturated heterocycles. The van der Waals surface area contributed by atoms with Gasteiger partial charge >= 0.3 is 5.97 Å². The third kappa shape index (κ3) is 5.30. The minimum absolute atomic E-state index is 0.0608. The van der Waals surface area contributed by atoms with Gasteiger partial charge in [0.15, 0.2) is 5.71 Å². The van der Waals surface area contributed by atoms with Gasteiger partial charge in [0.25, 0.3) is 0 Å². The molecule has 0 fully saturated rings. The normalized spacial score (nSPS) is 11.7. The summed E-state index contributed by atoms with van der Waals surface area (Å²) in [7, 11) is 0. The van der Waals surface area contributed by atoms with E-state index in [0.29, 0.717) is 6.42 Å². The van der Waals surface area contributed by atoms with Crippen molar-refractivity contribution in [2.24, 2.45) is 5.16 Å². The first kappa shape index (κ1) is 14.0. The highest BCUT2D eigenvalue weighted by atomic mass is 16.6. The number of benzene rings is 1. The van der Waals surface area contributed by atoms with E-state index in [1.165, 1.54) is 0 Å². The Hall–Kier alpha value is -2.10. The van der Waals surface area contributed by atoms with Crippen molar-refractivity contribution in [1.29, 1.82) is 0 Å². The first-order valence-corrected chi connectivity index (χ1v) is 5.87. The van der Waals surface area contributed by atoms with E-state index in [-0.39, 0.29) is 12.3 Å². The fraction of sp³-hybridized carbons (Fsp3) is 0.286. The van der Waals surface area contributed by atoms with Crippen molar-refractivity contribution in [3.05, 3.63) is 42.0 Å². The highest BCUT2D eigenvalue weighted by molar-refractivity contribution is 6.35. The summed E-state index contributed by atoms with van der Waals surface area (Å²) in [5.74, 6) is -1.02. The lowest BCUT2D eigenvalue weighted by atomic mass is 10.2. The molecule has 1 aromatic carbocycles. The molecule has 0 bridgehead atoms. The van der Waals surface area contributed by atoms with Crippen LogP contribution in [0.5, 0.6) is 0 Å². The van der Waals surface area contributed by atoms with Crippen LogP contribution in [0, 0.1) is 0 Å². The number of carboxylic acid groups (broad SMARTS) is 1. The molecule has 0 aliphatic rings. The summed E-state index contributed by atoms with van der Waals surface area (Å²) in [4.78, 5) is 15.7. The largest absolute Gasteiger partial charge is 0.477 e. The van der Waals surface area contributed by atoms with Gasteiger partial charge in [0.05, 0.1) is 0 Å². The van der Waals surface area contributed by atoms with E-state index in [2.05, 4.69) is 5.16 Å². The Kier molecular flexibility index (Phi) is 6.25. The third-order valence-electron chi connectivity index (χ3n) is 2.19. The van der Waals surface area contributed by atoms with Gasteiger partial charge in [-0.1, -0.05) is 54.9 Å². The lowest BCUT2D eigenvalue weighted by Crippen LogP contribution is -2.13. The molecule has 0 atom stereocenters. The van der Waals surface area contributed by atoms with Gasteiger partial charge in [-0.2, -0.15) is 0 Å². The van der Waals surface area contributed by atoms with Gasteiger partial charge in [0.1, 0.15) is 6.61 Å². The molecule has 0 heterocycles. The number of carbonyl (C=O) groups is 1. The molecule has 18 heavy (non-hydrogen) atoms. The number of oxime groups is 1. The first-order valence-electron chi connectivity index (χ1n) is 5.87. The van der Waals surface area contributed by atoms with E-state index in [9.17, 15) is 4.79 Å². The van der Waals surface area contributed by atoms with E-state index in [0.717, 1.165) is 12.0 Å². The topological polar surface area (TPSA) is 58.9 Å². The standard InChI is InChI=1S/C14H17NO3/c1-2-7-13(14(16)17)15-18-11-6-10-12-8-4-3-5-9-12/h3-6,8-10H,2,7,11H2,1H3,(H,16,17). The minimum atomic E-state index is -1.02. The van der Waals surface area contributed by atoms with Gasteiger partial charge in [-0.3, -0.25) is 0 Å². The lowest BCUT2D eigenvalue weighted by molar-refractivity contribution is -0.129. The third-order valence-corrected chi connectivity index (χ3v) is 2.19. The molecule has 96 valence electrons. The highest BCUT2D eigenvalue weighted by Crippen LogP contribution is 2.01. The minimum Gasteiger partial charge on any atom is -0.477 e. The van der Waals surface area contributed by atoms with Crippen LogP contribution < -0.4 is 0 Å². The van der Waals surface area contributed by atoms with Crippen LogP contribution in [0.4, 0.5) is 0 Å². The molecule has 1 rings (SSSR count). The van der Waals surface area contributed by atoms with Gasteiger partial charge in [-0.15, -0.1) is 0 Å². The van der Waals surface area contributed by atoms with Crippen LogP contribution >= 0.6 is 0 Å². The van der Waals surface area contributed by atoms with Gasteiger partial charge in [0, 0.05) is 6.42 Å². The Morgan fingerprint density at radius 3 is 2.72 bits per heavy atom. The summed E-state index contributed by atoms with van der Waals surface area (Å²) in [6, 6.07) is 9.78. The van der Waals surface area contributed by atoms with Crippen molar-refractivity contribution in [3.63, 3.8) is 0 Å². The van der Waals surface area contributed by atoms with Crippen LogP contribution in [0.1, 0.15) is 25.3 Å². The van der Waals surface area contributed by atoms with Crippen molar-refractivity contribution in [2.75, 3.05) is 6.61 Å². The summed E-state index contributed by atoms with van der Waals surface area (Å²) >= 11 is 0. The molecule has 4 nitrogen and oxygen atoms in total. The van der Waals surface area contributed by atoms with Crippen molar-refractivity contribution in [1.82, 2.24) is 0 Å². The van der Waals surface area contributed by atoms with Crippen LogP contribution in [-0.2, 0) is 9.63 Å². The number of carboxylic acids is 1. The van der Waals surface area contributed by atoms with Crippen molar-refractivity contribution < 1.29 is 14.7 Å². The lowest BCUT2D eigenvalue weighted by Gasteiger charge is -1.98. The van der Waals surface area contributed by atoms with Crippen molar-refractivity contribution in [2.45, 2.75) is 19.8 Å². The van der Waals surface area contributed by atoms with Gasteiger partial charge in [0.2, 0.25) is 0 Å². The van der Waals surface area contributed by atoms with Crippen LogP contribution in [0.3, 0.4) is 0 Å². The number of hydrogen-bond acceptors (Lipinski definition) is 3. The molecule has 0 saturated carbocycles. The second-order valence-corrected chi connectivity index (χ2v) is 3.70. The SMILES string of the molecule is CCCC(=NOCC=Cc1ccccc1)C(=O)O. The Labute approximate surface area is 107 Å².